The Morgan fingerprint density at radius 3 is 2.59 bits per heavy atom. The van der Waals surface area contributed by atoms with Gasteiger partial charge >= 0.3 is 5.97 Å². The van der Waals surface area contributed by atoms with Crippen LogP contribution in [0.5, 0.6) is 0 Å². The lowest BCUT2D eigenvalue weighted by molar-refractivity contribution is -0.162. The van der Waals surface area contributed by atoms with Gasteiger partial charge in [-0.15, -0.1) is 0 Å². The first kappa shape index (κ1) is 25.0. The van der Waals surface area contributed by atoms with E-state index in [0.717, 1.165) is 12.8 Å². The minimum absolute atomic E-state index is 0.0236. The van der Waals surface area contributed by atoms with Crippen LogP contribution in [0.4, 0.5) is 0 Å². The highest BCUT2D eigenvalue weighted by Crippen LogP contribution is 2.65. The Labute approximate surface area is 191 Å². The largest absolute Gasteiger partial charge is 0.466 e. The number of aliphatic hydroxyl groups is 1. The second-order valence-corrected chi connectivity index (χ2v) is 10.3. The molecule has 0 aromatic heterocycles. The Morgan fingerprint density at radius 2 is 2.03 bits per heavy atom. The van der Waals surface area contributed by atoms with Gasteiger partial charge in [0, 0.05) is 6.54 Å². The fourth-order valence-corrected chi connectivity index (χ4v) is 6.27. The van der Waals surface area contributed by atoms with E-state index in [1.807, 2.05) is 34.6 Å². The molecule has 2 amide bonds. The summed E-state index contributed by atoms with van der Waals surface area (Å²) in [5.74, 6) is -2.36. The number of hydrogen-bond donors (Lipinski definition) is 2. The molecule has 0 aromatic carbocycles. The molecule has 7 atom stereocenters. The lowest BCUT2D eigenvalue weighted by Crippen LogP contribution is -2.58. The van der Waals surface area contributed by atoms with Gasteiger partial charge in [-0.25, -0.2) is 0 Å². The van der Waals surface area contributed by atoms with Crippen molar-refractivity contribution in [3.05, 3.63) is 0 Å². The number of fused-ring (bicyclic) bond motifs is 1. The molecule has 182 valence electrons. The molecule has 3 saturated heterocycles. The highest BCUT2D eigenvalue weighted by Gasteiger charge is 2.80. The molecule has 3 unspecified atom stereocenters. The quantitative estimate of drug-likeness (QED) is 0.387. The fraction of sp³-hybridized carbons (Fsp3) is 0.875. The minimum Gasteiger partial charge on any atom is -0.466 e. The molecular weight excluding hydrogens is 412 g/mol. The maximum Gasteiger partial charge on any atom is 0.312 e. The second kappa shape index (κ2) is 9.29. The van der Waals surface area contributed by atoms with Gasteiger partial charge in [0.15, 0.2) is 0 Å². The van der Waals surface area contributed by atoms with Crippen molar-refractivity contribution in [3.63, 3.8) is 0 Å². The molecule has 0 radical (unpaired) electrons. The van der Waals surface area contributed by atoms with Crippen LogP contribution in [0.3, 0.4) is 0 Å². The Kier molecular flexibility index (Phi) is 7.25. The van der Waals surface area contributed by atoms with Crippen LogP contribution in [0.2, 0.25) is 0 Å². The summed E-state index contributed by atoms with van der Waals surface area (Å²) in [6.45, 7) is 12.2. The Hall–Kier alpha value is -1.67. The van der Waals surface area contributed by atoms with E-state index in [2.05, 4.69) is 5.32 Å². The van der Waals surface area contributed by atoms with Crippen LogP contribution >= 0.6 is 0 Å². The van der Waals surface area contributed by atoms with Gasteiger partial charge in [0.25, 0.3) is 0 Å². The number of hydrogen-bond acceptors (Lipinski definition) is 6. The summed E-state index contributed by atoms with van der Waals surface area (Å²) in [4.78, 5) is 42.0. The van der Waals surface area contributed by atoms with E-state index in [1.165, 1.54) is 4.90 Å². The number of rotatable bonds is 10. The second-order valence-electron chi connectivity index (χ2n) is 10.3. The zero-order valence-electron chi connectivity index (χ0n) is 20.3. The summed E-state index contributed by atoms with van der Waals surface area (Å²) in [6.07, 6.45) is 2.84. The number of nitrogens with one attached hydrogen (secondary N) is 1. The number of unbranched alkanes of at least 4 members (excludes halogenated alkanes) is 1. The number of carbonyl (C=O) groups excluding carboxylic acids is 3. The normalized spacial score (nSPS) is 36.5. The van der Waals surface area contributed by atoms with E-state index in [9.17, 15) is 19.5 Å². The van der Waals surface area contributed by atoms with Crippen molar-refractivity contribution >= 4 is 17.8 Å². The van der Waals surface area contributed by atoms with Crippen molar-refractivity contribution in [2.45, 2.75) is 90.5 Å². The van der Waals surface area contributed by atoms with Crippen molar-refractivity contribution in [2.75, 3.05) is 19.8 Å². The third-order valence-electron chi connectivity index (χ3n) is 7.72. The molecule has 32 heavy (non-hydrogen) atoms. The summed E-state index contributed by atoms with van der Waals surface area (Å²) in [7, 11) is 0. The summed E-state index contributed by atoms with van der Waals surface area (Å²) in [6, 6.07) is -1.39. The molecule has 3 rings (SSSR count). The van der Waals surface area contributed by atoms with Crippen LogP contribution in [0, 0.1) is 23.7 Å². The standard InChI is InChI=1S/C24H40N2O6/c1-7-9-10-25-20(28)19-24-12-15(5)23(6,32-24)18(22(30)31-8-2)17(24)21(29)26(19)16(13-27)11-14(3)4/h14-19,27H,7-13H2,1-6H3,(H,25,28)/t15?,16-,17+,18-,19?,23+,24?/m1/s1. The fourth-order valence-electron chi connectivity index (χ4n) is 6.27. The molecule has 1 spiro atoms. The number of esters is 1. The monoisotopic (exact) mass is 452 g/mol. The van der Waals surface area contributed by atoms with E-state index < -0.39 is 41.1 Å². The van der Waals surface area contributed by atoms with Gasteiger partial charge in [-0.05, 0) is 44.9 Å². The highest BCUT2D eigenvalue weighted by atomic mass is 16.6. The lowest BCUT2D eigenvalue weighted by atomic mass is 9.62. The number of amides is 2. The van der Waals surface area contributed by atoms with Crippen LogP contribution in [0.15, 0.2) is 0 Å². The van der Waals surface area contributed by atoms with E-state index in [0.29, 0.717) is 19.4 Å². The average Bonchev–Trinajstić information content (AvgIpc) is 3.23. The highest BCUT2D eigenvalue weighted by molar-refractivity contribution is 5.98. The van der Waals surface area contributed by atoms with Crippen LogP contribution in [-0.2, 0) is 23.9 Å². The summed E-state index contributed by atoms with van der Waals surface area (Å²) >= 11 is 0. The number of carbonyl (C=O) groups is 3. The van der Waals surface area contributed by atoms with Crippen LogP contribution in [0.25, 0.3) is 0 Å². The summed E-state index contributed by atoms with van der Waals surface area (Å²) in [5.41, 5.74) is -1.96. The first-order chi connectivity index (χ1) is 15.1. The molecule has 0 saturated carbocycles. The molecule has 3 aliphatic heterocycles. The molecule has 8 heteroatoms. The van der Waals surface area contributed by atoms with Gasteiger partial charge in [0.05, 0.1) is 30.8 Å². The number of ether oxygens (including phenoxy) is 2. The molecule has 2 bridgehead atoms. The van der Waals surface area contributed by atoms with E-state index in [-0.39, 0.29) is 36.9 Å². The molecule has 3 heterocycles. The maximum absolute atomic E-state index is 13.9. The molecule has 2 N–H and O–H groups in total. The van der Waals surface area contributed by atoms with Crippen molar-refractivity contribution in [2.24, 2.45) is 23.7 Å². The van der Waals surface area contributed by atoms with Crippen molar-refractivity contribution in [1.29, 1.82) is 0 Å². The number of likely N-dealkylation sites (tertiary alicyclic amines) is 1. The molecule has 8 nitrogen and oxygen atoms in total. The zero-order valence-corrected chi connectivity index (χ0v) is 20.3. The molecule has 3 fully saturated rings. The predicted octanol–water partition coefficient (Wildman–Crippen LogP) is 1.88. The van der Waals surface area contributed by atoms with Crippen molar-refractivity contribution in [1.82, 2.24) is 10.2 Å². The van der Waals surface area contributed by atoms with Gasteiger partial charge < -0.3 is 24.8 Å². The summed E-state index contributed by atoms with van der Waals surface area (Å²) < 4.78 is 12.0. The third kappa shape index (κ3) is 3.73. The van der Waals surface area contributed by atoms with Crippen LogP contribution in [-0.4, -0.2) is 70.8 Å². The van der Waals surface area contributed by atoms with Crippen LogP contribution in [0.1, 0.15) is 67.2 Å². The van der Waals surface area contributed by atoms with Gasteiger partial charge in [0.1, 0.15) is 17.6 Å². The van der Waals surface area contributed by atoms with Gasteiger partial charge in [-0.1, -0.05) is 34.1 Å². The zero-order chi connectivity index (χ0) is 23.8. The maximum atomic E-state index is 13.9. The first-order valence-electron chi connectivity index (χ1n) is 12.2. The molecule has 0 aliphatic carbocycles. The van der Waals surface area contributed by atoms with E-state index in [1.54, 1.807) is 6.92 Å². The van der Waals surface area contributed by atoms with E-state index >= 15 is 0 Å². The van der Waals surface area contributed by atoms with E-state index in [4.69, 9.17) is 9.47 Å². The Bertz CT molecular complexity index is 742. The number of nitrogens with zero attached hydrogens (tertiary/aromatic N) is 1. The Balaban J connectivity index is 2.08. The van der Waals surface area contributed by atoms with Crippen molar-refractivity contribution < 1.29 is 29.0 Å². The lowest BCUT2D eigenvalue weighted by Gasteiger charge is -2.37. The van der Waals surface area contributed by atoms with Gasteiger partial charge in [0.2, 0.25) is 11.8 Å². The average molecular weight is 453 g/mol. The molecule has 3 aliphatic rings. The SMILES string of the molecule is CCCCNC(=O)C1N([C@@H](CO)CC(C)C)C(=O)[C@@H]2[C@H](C(=O)OCC)[C@@]3(C)OC12CC3C. The molecular formula is C24H40N2O6. The van der Waals surface area contributed by atoms with Gasteiger partial charge in [-0.2, -0.15) is 0 Å². The van der Waals surface area contributed by atoms with Crippen molar-refractivity contribution in [3.8, 4) is 0 Å². The Morgan fingerprint density at radius 1 is 1.34 bits per heavy atom. The predicted molar refractivity (Wildman–Crippen MR) is 118 cm³/mol. The summed E-state index contributed by atoms with van der Waals surface area (Å²) in [5, 5.41) is 13.2. The topological polar surface area (TPSA) is 105 Å². The minimum atomic E-state index is -1.09. The smallest absolute Gasteiger partial charge is 0.312 e. The van der Waals surface area contributed by atoms with Gasteiger partial charge in [-0.3, -0.25) is 14.4 Å². The number of aliphatic hydroxyl groups excluding tert-OH is 1. The van der Waals surface area contributed by atoms with Crippen LogP contribution < -0.4 is 5.32 Å². The third-order valence-corrected chi connectivity index (χ3v) is 7.72. The first-order valence-corrected chi connectivity index (χ1v) is 12.2. The molecule has 0 aromatic rings.